The molecule has 138 valence electrons. The van der Waals surface area contributed by atoms with Gasteiger partial charge in [0.05, 0.1) is 13.1 Å². The summed E-state index contributed by atoms with van der Waals surface area (Å²) < 4.78 is 2.18. The summed E-state index contributed by atoms with van der Waals surface area (Å²) in [5, 5.41) is 8.79. The lowest BCUT2D eigenvalue weighted by Gasteiger charge is -2.25. The van der Waals surface area contributed by atoms with Crippen molar-refractivity contribution in [1.29, 1.82) is 0 Å². The van der Waals surface area contributed by atoms with Crippen LogP contribution >= 0.6 is 0 Å². The molecule has 1 atom stereocenters. The van der Waals surface area contributed by atoms with Gasteiger partial charge in [0.25, 0.3) is 0 Å². The number of carbonyl (C=O) groups is 1. The van der Waals surface area contributed by atoms with E-state index in [0.29, 0.717) is 24.4 Å². The molecule has 1 amide bonds. The van der Waals surface area contributed by atoms with E-state index in [0.717, 1.165) is 63.6 Å². The van der Waals surface area contributed by atoms with Gasteiger partial charge in [0.2, 0.25) is 5.91 Å². The van der Waals surface area contributed by atoms with E-state index < -0.39 is 0 Å². The molecule has 3 heterocycles. The van der Waals surface area contributed by atoms with Crippen LogP contribution in [0.1, 0.15) is 49.7 Å². The van der Waals surface area contributed by atoms with Crippen molar-refractivity contribution in [1.82, 2.24) is 29.5 Å². The van der Waals surface area contributed by atoms with Gasteiger partial charge in [0.15, 0.2) is 0 Å². The number of rotatable bonds is 6. The molecular formula is C18H30N6O. The summed E-state index contributed by atoms with van der Waals surface area (Å²) in [5.41, 5.74) is 0. The molecule has 1 aliphatic carbocycles. The SMILES string of the molecule is CN(Cc1nnc(C2CC2)n1C)C1CCN(CC(=O)N2CCCC2)C1. The van der Waals surface area contributed by atoms with Crippen molar-refractivity contribution in [3.05, 3.63) is 11.6 Å². The number of carbonyl (C=O) groups excluding carboxylic acids is 1. The van der Waals surface area contributed by atoms with Gasteiger partial charge >= 0.3 is 0 Å². The first-order valence-electron chi connectivity index (χ1n) is 9.70. The summed E-state index contributed by atoms with van der Waals surface area (Å²) in [6.45, 7) is 5.30. The van der Waals surface area contributed by atoms with Gasteiger partial charge in [-0.3, -0.25) is 14.6 Å². The van der Waals surface area contributed by atoms with Crippen molar-refractivity contribution in [2.75, 3.05) is 39.8 Å². The summed E-state index contributed by atoms with van der Waals surface area (Å²) in [5.74, 6) is 3.14. The van der Waals surface area contributed by atoms with Crippen molar-refractivity contribution in [2.45, 2.75) is 50.6 Å². The Morgan fingerprint density at radius 3 is 2.64 bits per heavy atom. The van der Waals surface area contributed by atoms with Crippen LogP contribution in [0.3, 0.4) is 0 Å². The van der Waals surface area contributed by atoms with Gasteiger partial charge in [-0.1, -0.05) is 0 Å². The fraction of sp³-hybridized carbons (Fsp3) is 0.833. The number of aromatic nitrogens is 3. The molecule has 0 radical (unpaired) electrons. The quantitative estimate of drug-likeness (QED) is 0.763. The lowest BCUT2D eigenvalue weighted by Crippen LogP contribution is -2.40. The van der Waals surface area contributed by atoms with Crippen LogP contribution in [0, 0.1) is 0 Å². The Kier molecular flexibility index (Phi) is 4.78. The molecule has 0 N–H and O–H groups in total. The number of hydrogen-bond acceptors (Lipinski definition) is 5. The zero-order valence-corrected chi connectivity index (χ0v) is 15.5. The maximum atomic E-state index is 12.3. The van der Waals surface area contributed by atoms with Crippen molar-refractivity contribution in [3.8, 4) is 0 Å². The fourth-order valence-corrected chi connectivity index (χ4v) is 4.14. The van der Waals surface area contributed by atoms with E-state index in [-0.39, 0.29) is 0 Å². The molecule has 3 aliphatic rings. The molecule has 7 heteroatoms. The van der Waals surface area contributed by atoms with E-state index in [9.17, 15) is 4.79 Å². The molecule has 3 fully saturated rings. The maximum Gasteiger partial charge on any atom is 0.236 e. The molecule has 0 bridgehead atoms. The predicted octanol–water partition coefficient (Wildman–Crippen LogP) is 0.821. The third kappa shape index (κ3) is 3.72. The van der Waals surface area contributed by atoms with Gasteiger partial charge in [-0.2, -0.15) is 0 Å². The highest BCUT2D eigenvalue weighted by molar-refractivity contribution is 5.78. The van der Waals surface area contributed by atoms with E-state index in [1.807, 2.05) is 4.90 Å². The normalized spacial score (nSPS) is 24.6. The average Bonchev–Trinajstić information content (AvgIpc) is 3.02. The molecule has 4 rings (SSSR count). The minimum Gasteiger partial charge on any atom is -0.342 e. The van der Waals surface area contributed by atoms with Crippen molar-refractivity contribution in [3.63, 3.8) is 0 Å². The number of likely N-dealkylation sites (N-methyl/N-ethyl adjacent to an activating group) is 1. The standard InChI is InChI=1S/C18H30N6O/c1-21(12-16-19-20-18(22(16)2)14-5-6-14)15-7-10-23(11-15)13-17(25)24-8-3-4-9-24/h14-15H,3-13H2,1-2H3. The molecule has 1 aromatic rings. The number of hydrogen-bond donors (Lipinski definition) is 0. The van der Waals surface area contributed by atoms with E-state index in [2.05, 4.69) is 38.7 Å². The molecule has 0 aromatic carbocycles. The molecular weight excluding hydrogens is 316 g/mol. The monoisotopic (exact) mass is 346 g/mol. The Balaban J connectivity index is 1.28. The summed E-state index contributed by atoms with van der Waals surface area (Å²) in [7, 11) is 4.26. The Hall–Kier alpha value is -1.47. The summed E-state index contributed by atoms with van der Waals surface area (Å²) in [6.07, 6.45) is 5.96. The predicted molar refractivity (Wildman–Crippen MR) is 95.1 cm³/mol. The number of nitrogens with zero attached hydrogens (tertiary/aromatic N) is 6. The Bertz CT molecular complexity index is 619. The molecule has 25 heavy (non-hydrogen) atoms. The zero-order chi connectivity index (χ0) is 17.4. The van der Waals surface area contributed by atoms with Crippen LogP contribution in [0.25, 0.3) is 0 Å². The zero-order valence-electron chi connectivity index (χ0n) is 15.5. The van der Waals surface area contributed by atoms with Crippen LogP contribution in [0.4, 0.5) is 0 Å². The summed E-state index contributed by atoms with van der Waals surface area (Å²) in [6, 6.07) is 0.493. The van der Waals surface area contributed by atoms with Crippen LogP contribution in [0.2, 0.25) is 0 Å². The lowest BCUT2D eigenvalue weighted by molar-refractivity contribution is -0.131. The first-order valence-corrected chi connectivity index (χ1v) is 9.70. The molecule has 7 nitrogen and oxygen atoms in total. The average molecular weight is 346 g/mol. The molecule has 1 unspecified atom stereocenters. The van der Waals surface area contributed by atoms with Gasteiger partial charge in [-0.05, 0) is 39.2 Å². The van der Waals surface area contributed by atoms with E-state index in [4.69, 9.17) is 0 Å². The third-order valence-corrected chi connectivity index (χ3v) is 6.02. The van der Waals surface area contributed by atoms with E-state index in [1.165, 1.54) is 12.8 Å². The highest BCUT2D eigenvalue weighted by Gasteiger charge is 2.31. The smallest absolute Gasteiger partial charge is 0.236 e. The topological polar surface area (TPSA) is 57.5 Å². The van der Waals surface area contributed by atoms with Gasteiger partial charge in [-0.25, -0.2) is 0 Å². The fourth-order valence-electron chi connectivity index (χ4n) is 4.14. The summed E-state index contributed by atoms with van der Waals surface area (Å²) in [4.78, 5) is 19.0. The van der Waals surface area contributed by atoms with Crippen LogP contribution in [-0.4, -0.2) is 81.2 Å². The van der Waals surface area contributed by atoms with Crippen molar-refractivity contribution >= 4 is 5.91 Å². The highest BCUT2D eigenvalue weighted by Crippen LogP contribution is 2.38. The number of amides is 1. The molecule has 1 saturated carbocycles. The van der Waals surface area contributed by atoms with Gasteiger partial charge < -0.3 is 9.47 Å². The Labute approximate surface area is 150 Å². The van der Waals surface area contributed by atoms with Crippen molar-refractivity contribution < 1.29 is 4.79 Å². The second-order valence-corrected chi connectivity index (χ2v) is 7.99. The van der Waals surface area contributed by atoms with E-state index in [1.54, 1.807) is 0 Å². The second kappa shape index (κ2) is 7.03. The van der Waals surface area contributed by atoms with Gasteiger partial charge in [-0.15, -0.1) is 10.2 Å². The third-order valence-electron chi connectivity index (χ3n) is 6.02. The maximum absolute atomic E-state index is 12.3. The first-order chi connectivity index (χ1) is 12.1. The largest absolute Gasteiger partial charge is 0.342 e. The Morgan fingerprint density at radius 1 is 1.16 bits per heavy atom. The molecule has 2 aliphatic heterocycles. The first kappa shape index (κ1) is 17.0. The van der Waals surface area contributed by atoms with Gasteiger partial charge in [0, 0.05) is 45.2 Å². The minimum absolute atomic E-state index is 0.308. The van der Waals surface area contributed by atoms with Crippen LogP contribution in [0.5, 0.6) is 0 Å². The summed E-state index contributed by atoms with van der Waals surface area (Å²) >= 11 is 0. The van der Waals surface area contributed by atoms with Crippen LogP contribution in [-0.2, 0) is 18.4 Å². The van der Waals surface area contributed by atoms with Crippen LogP contribution in [0.15, 0.2) is 0 Å². The lowest BCUT2D eigenvalue weighted by atomic mass is 10.2. The van der Waals surface area contributed by atoms with Gasteiger partial charge in [0.1, 0.15) is 11.6 Å². The molecule has 1 aromatic heterocycles. The molecule has 2 saturated heterocycles. The Morgan fingerprint density at radius 2 is 1.92 bits per heavy atom. The highest BCUT2D eigenvalue weighted by atomic mass is 16.2. The second-order valence-electron chi connectivity index (χ2n) is 7.99. The van der Waals surface area contributed by atoms with E-state index >= 15 is 0 Å². The molecule has 0 spiro atoms. The van der Waals surface area contributed by atoms with Crippen LogP contribution < -0.4 is 0 Å². The van der Waals surface area contributed by atoms with Crippen molar-refractivity contribution in [2.24, 2.45) is 7.05 Å². The number of likely N-dealkylation sites (tertiary alicyclic amines) is 2. The minimum atomic E-state index is 0.308.